The number of rotatable bonds is 27. The maximum absolute atomic E-state index is 6.76. The molecule has 4 aromatic rings. The third-order valence-corrected chi connectivity index (χ3v) is 14.2. The Bertz CT molecular complexity index is 2110. The first-order chi connectivity index (χ1) is 33.5. The minimum Gasteiger partial charge on any atom is -0.417 e. The summed E-state index contributed by atoms with van der Waals surface area (Å²) in [6.07, 6.45) is 3.76. The number of hydrogen-bond acceptors (Lipinski definition) is 8. The molecule has 0 aliphatic heterocycles. The van der Waals surface area contributed by atoms with E-state index in [1.165, 1.54) is 22.3 Å². The minimum absolute atomic E-state index is 0.00993. The molecule has 0 heterocycles. The molecule has 0 unspecified atom stereocenters. The molecular formula is C62H96O8P2. The smallest absolute Gasteiger partial charge is 0.417 e. The summed E-state index contributed by atoms with van der Waals surface area (Å²) < 4.78 is 52.0. The van der Waals surface area contributed by atoms with Gasteiger partial charge in [0, 0.05) is 11.1 Å². The van der Waals surface area contributed by atoms with E-state index in [0.717, 1.165) is 70.9 Å². The zero-order valence-electron chi connectivity index (χ0n) is 48.5. The van der Waals surface area contributed by atoms with Gasteiger partial charge in [0.1, 0.15) is 23.0 Å². The normalized spacial score (nSPS) is 12.9. The average Bonchev–Trinajstić information content (AvgIpc) is 3.24. The molecule has 0 aliphatic rings. The van der Waals surface area contributed by atoms with Crippen molar-refractivity contribution in [3.05, 3.63) is 117 Å². The Kier molecular flexibility index (Phi) is 23.5. The Hall–Kier alpha value is -3.22. The van der Waals surface area contributed by atoms with Gasteiger partial charge in [0.15, 0.2) is 0 Å². The van der Waals surface area contributed by atoms with Crippen LogP contribution in [0.4, 0.5) is 0 Å². The second kappa shape index (κ2) is 27.5. The van der Waals surface area contributed by atoms with Crippen LogP contribution in [0.3, 0.4) is 0 Å². The first-order valence-electron chi connectivity index (χ1n) is 26.8. The second-order valence-electron chi connectivity index (χ2n) is 25.4. The largest absolute Gasteiger partial charge is 0.463 e. The topological polar surface area (TPSA) is 73.8 Å². The van der Waals surface area contributed by atoms with Crippen molar-refractivity contribution >= 4 is 17.2 Å². The summed E-state index contributed by atoms with van der Waals surface area (Å²) in [5.74, 6) is 5.11. The Morgan fingerprint density at radius 3 is 0.958 bits per heavy atom. The molecule has 0 atom stereocenters. The lowest BCUT2D eigenvalue weighted by Gasteiger charge is -2.28. The third-order valence-electron chi connectivity index (χ3n) is 12.0. The molecule has 0 bridgehead atoms. The van der Waals surface area contributed by atoms with Gasteiger partial charge in [-0.05, 0) is 129 Å². The minimum atomic E-state index is -1.85. The van der Waals surface area contributed by atoms with Crippen LogP contribution in [0.1, 0.15) is 183 Å². The highest BCUT2D eigenvalue weighted by atomic mass is 31.2. The molecule has 72 heavy (non-hydrogen) atoms. The lowest BCUT2D eigenvalue weighted by molar-refractivity contribution is 0.0258. The number of ether oxygens (including phenoxy) is 2. The molecule has 0 aromatic heterocycles. The highest BCUT2D eigenvalue weighted by Gasteiger charge is 2.29. The van der Waals surface area contributed by atoms with E-state index in [-0.39, 0.29) is 34.9 Å². The fraction of sp³-hybridized carbons (Fsp3) is 0.613. The maximum atomic E-state index is 6.76. The van der Waals surface area contributed by atoms with E-state index >= 15 is 0 Å². The highest BCUT2D eigenvalue weighted by molar-refractivity contribution is 7.42. The number of hydrogen-bond donors (Lipinski definition) is 0. The van der Waals surface area contributed by atoms with Crippen LogP contribution in [0, 0.1) is 23.7 Å². The lowest BCUT2D eigenvalue weighted by atomic mass is 9.84. The van der Waals surface area contributed by atoms with Crippen LogP contribution in [-0.4, -0.2) is 39.6 Å². The Morgan fingerprint density at radius 2 is 0.653 bits per heavy atom. The first-order valence-corrected chi connectivity index (χ1v) is 29.0. The van der Waals surface area contributed by atoms with Crippen molar-refractivity contribution in [2.24, 2.45) is 23.7 Å². The predicted octanol–water partition coefficient (Wildman–Crippen LogP) is 17.8. The standard InChI is InChI=1S/C62H96O8P2/c1-43(2)35-47-21-25-57(53(39-47)61(15,16)17)69-72(70-58-26-22-48(36-44(3)4)40-54(58)62(18,19)20)66-34-32-64-30-29-63-31-33-65-71(67-55-27-23-51(59(9,10)11)41-49(55)37-45(5)6)68-56-28-24-52(60(12,13)14)42-50(56)38-46(7)8/h21-28,39-46H,29-38H2,1-20H3. The van der Waals surface area contributed by atoms with Crippen molar-refractivity contribution in [3.63, 3.8) is 0 Å². The summed E-state index contributed by atoms with van der Waals surface area (Å²) in [4.78, 5) is 0. The van der Waals surface area contributed by atoms with Gasteiger partial charge < -0.3 is 27.6 Å². The molecule has 402 valence electrons. The molecule has 0 saturated carbocycles. The second-order valence-corrected chi connectivity index (χ2v) is 27.5. The van der Waals surface area contributed by atoms with Gasteiger partial charge in [-0.2, -0.15) is 0 Å². The molecule has 8 nitrogen and oxygen atoms in total. The molecule has 0 aliphatic carbocycles. The van der Waals surface area contributed by atoms with Crippen molar-refractivity contribution in [3.8, 4) is 23.0 Å². The van der Waals surface area contributed by atoms with Gasteiger partial charge in [0.2, 0.25) is 0 Å². The molecule has 0 spiro atoms. The van der Waals surface area contributed by atoms with Crippen molar-refractivity contribution < 1.29 is 36.6 Å². The van der Waals surface area contributed by atoms with E-state index < -0.39 is 17.2 Å². The Morgan fingerprint density at radius 1 is 0.347 bits per heavy atom. The molecule has 0 fully saturated rings. The van der Waals surface area contributed by atoms with Crippen LogP contribution in [0.5, 0.6) is 23.0 Å². The summed E-state index contributed by atoms with van der Waals surface area (Å²) in [5, 5.41) is 0. The lowest BCUT2D eigenvalue weighted by Crippen LogP contribution is -2.16. The Labute approximate surface area is 441 Å². The van der Waals surface area contributed by atoms with Gasteiger partial charge in [-0.1, -0.05) is 187 Å². The van der Waals surface area contributed by atoms with Crippen LogP contribution in [-0.2, 0) is 65.9 Å². The number of benzene rings is 4. The Balaban J connectivity index is 1.44. The van der Waals surface area contributed by atoms with Crippen LogP contribution in [0.2, 0.25) is 0 Å². The summed E-state index contributed by atoms with van der Waals surface area (Å²) in [6, 6.07) is 26.1. The van der Waals surface area contributed by atoms with Gasteiger partial charge >= 0.3 is 17.2 Å². The third kappa shape index (κ3) is 20.8. The van der Waals surface area contributed by atoms with Crippen LogP contribution < -0.4 is 18.1 Å². The van der Waals surface area contributed by atoms with Gasteiger partial charge in [-0.3, -0.25) is 9.05 Å². The van der Waals surface area contributed by atoms with Gasteiger partial charge in [0.25, 0.3) is 0 Å². The molecule has 4 rings (SSSR count). The van der Waals surface area contributed by atoms with Crippen LogP contribution in [0.25, 0.3) is 0 Å². The van der Waals surface area contributed by atoms with Crippen molar-refractivity contribution in [2.45, 2.75) is 186 Å². The summed E-state index contributed by atoms with van der Waals surface area (Å²) in [7, 11) is -3.67. The maximum Gasteiger partial charge on any atom is 0.463 e. The van der Waals surface area contributed by atoms with E-state index in [0.29, 0.717) is 50.1 Å². The first kappa shape index (κ1) is 61.3. The van der Waals surface area contributed by atoms with E-state index in [4.69, 9.17) is 36.6 Å². The monoisotopic (exact) mass is 1030 g/mol. The molecule has 4 aromatic carbocycles. The van der Waals surface area contributed by atoms with Crippen molar-refractivity contribution in [1.82, 2.24) is 0 Å². The fourth-order valence-corrected chi connectivity index (χ4v) is 10.3. The predicted molar refractivity (Wildman–Crippen MR) is 305 cm³/mol. The average molecular weight is 1030 g/mol. The quantitative estimate of drug-likeness (QED) is 0.0432. The molecule has 0 N–H and O–H groups in total. The van der Waals surface area contributed by atoms with E-state index in [1.54, 1.807) is 0 Å². The van der Waals surface area contributed by atoms with Crippen LogP contribution >= 0.6 is 17.2 Å². The van der Waals surface area contributed by atoms with Gasteiger partial charge in [0.05, 0.1) is 39.6 Å². The molecule has 10 heteroatoms. The highest BCUT2D eigenvalue weighted by Crippen LogP contribution is 2.48. The SMILES string of the molecule is CC(C)Cc1ccc(OP(OCCOCCOCCOP(Oc2ccc(C(C)(C)C)cc2CC(C)C)Oc2ccc(C(C)(C)C)cc2CC(C)C)Oc2ccc(CC(C)C)cc2C(C)(C)C)c(C(C)(C)C)c1. The summed E-state index contributed by atoms with van der Waals surface area (Å²) >= 11 is 0. The van der Waals surface area contributed by atoms with Crippen molar-refractivity contribution in [2.75, 3.05) is 39.6 Å². The van der Waals surface area contributed by atoms with Gasteiger partial charge in [-0.25, -0.2) is 0 Å². The zero-order chi connectivity index (χ0) is 53.6. The summed E-state index contributed by atoms with van der Waals surface area (Å²) in [5.41, 5.74) is 9.41. The molecule has 0 amide bonds. The molecular weight excluding hydrogens is 935 g/mol. The molecule has 0 saturated heterocycles. The van der Waals surface area contributed by atoms with E-state index in [9.17, 15) is 0 Å². The molecule has 0 radical (unpaired) electrons. The van der Waals surface area contributed by atoms with E-state index in [1.807, 2.05) is 0 Å². The zero-order valence-corrected chi connectivity index (χ0v) is 50.3. The fourth-order valence-electron chi connectivity index (χ4n) is 8.28. The van der Waals surface area contributed by atoms with E-state index in [2.05, 4.69) is 211 Å². The van der Waals surface area contributed by atoms with Crippen LogP contribution in [0.15, 0.2) is 72.8 Å². The van der Waals surface area contributed by atoms with Gasteiger partial charge in [-0.15, -0.1) is 0 Å². The van der Waals surface area contributed by atoms with Crippen molar-refractivity contribution in [1.29, 1.82) is 0 Å². The summed E-state index contributed by atoms with van der Waals surface area (Å²) in [6.45, 7) is 46.8.